The highest BCUT2D eigenvalue weighted by Crippen LogP contribution is 2.07. The van der Waals surface area contributed by atoms with Crippen molar-refractivity contribution < 1.29 is 0 Å². The zero-order chi connectivity index (χ0) is 13.0. The molecule has 0 aliphatic rings. The third-order valence-corrected chi connectivity index (χ3v) is 2.37. The van der Waals surface area contributed by atoms with Crippen LogP contribution >= 0.6 is 11.6 Å². The maximum absolute atomic E-state index is 11.2. The molecular formula is C11H10ClN5O. The Kier molecular flexibility index (Phi) is 3.69. The van der Waals surface area contributed by atoms with Crippen LogP contribution in [0.25, 0.3) is 0 Å². The minimum atomic E-state index is -0.297. The highest BCUT2D eigenvalue weighted by atomic mass is 35.5. The van der Waals surface area contributed by atoms with Gasteiger partial charge in [-0.15, -0.1) is 10.2 Å². The van der Waals surface area contributed by atoms with Gasteiger partial charge in [0, 0.05) is 5.02 Å². The van der Waals surface area contributed by atoms with E-state index in [1.165, 1.54) is 0 Å². The van der Waals surface area contributed by atoms with Crippen LogP contribution in [0.1, 0.15) is 11.3 Å². The molecule has 0 saturated heterocycles. The summed E-state index contributed by atoms with van der Waals surface area (Å²) in [5.74, 6) is 0.191. The van der Waals surface area contributed by atoms with Crippen LogP contribution in [0.5, 0.6) is 0 Å². The Bertz CT molecular complexity index is 620. The molecule has 2 rings (SSSR count). The van der Waals surface area contributed by atoms with Crippen molar-refractivity contribution >= 4 is 23.8 Å². The van der Waals surface area contributed by atoms with Crippen LogP contribution in [0.4, 0.5) is 5.95 Å². The van der Waals surface area contributed by atoms with Gasteiger partial charge in [-0.2, -0.15) is 5.10 Å². The molecule has 0 unspecified atom stereocenters. The van der Waals surface area contributed by atoms with Gasteiger partial charge >= 0.3 is 0 Å². The molecule has 1 aromatic carbocycles. The van der Waals surface area contributed by atoms with Gasteiger partial charge in [-0.05, 0) is 24.6 Å². The number of hydrazone groups is 1. The first kappa shape index (κ1) is 12.3. The van der Waals surface area contributed by atoms with Gasteiger partial charge in [0.05, 0.1) is 6.21 Å². The smallest absolute Gasteiger partial charge is 0.274 e. The number of hydrogen-bond donors (Lipinski definition) is 2. The predicted molar refractivity (Wildman–Crippen MR) is 70.1 cm³/mol. The van der Waals surface area contributed by atoms with E-state index in [2.05, 4.69) is 25.7 Å². The fourth-order valence-corrected chi connectivity index (χ4v) is 1.29. The Labute approximate surface area is 108 Å². The highest BCUT2D eigenvalue weighted by molar-refractivity contribution is 6.30. The number of aryl methyl sites for hydroxylation is 1. The summed E-state index contributed by atoms with van der Waals surface area (Å²) in [5, 5.41) is 12.0. The second-order valence-electron chi connectivity index (χ2n) is 3.51. The number of halogens is 1. The fraction of sp³-hybridized carbons (Fsp3) is 0.0909. The Morgan fingerprint density at radius 1 is 1.33 bits per heavy atom. The predicted octanol–water partition coefficient (Wildman–Crippen LogP) is 1.57. The molecule has 2 aromatic rings. The Morgan fingerprint density at radius 2 is 2.06 bits per heavy atom. The molecule has 6 nitrogen and oxygen atoms in total. The van der Waals surface area contributed by atoms with Crippen LogP contribution in [-0.2, 0) is 0 Å². The van der Waals surface area contributed by atoms with Gasteiger partial charge < -0.3 is 0 Å². The van der Waals surface area contributed by atoms with Crippen molar-refractivity contribution in [2.75, 3.05) is 5.43 Å². The van der Waals surface area contributed by atoms with Gasteiger partial charge in [-0.25, -0.2) is 5.43 Å². The van der Waals surface area contributed by atoms with Crippen molar-refractivity contribution in [3.05, 3.63) is 50.9 Å². The number of anilines is 1. The molecule has 0 radical (unpaired) electrons. The van der Waals surface area contributed by atoms with Crippen molar-refractivity contribution in [3.63, 3.8) is 0 Å². The maximum atomic E-state index is 11.2. The second-order valence-corrected chi connectivity index (χ2v) is 3.95. The molecule has 2 N–H and O–H groups in total. The number of aromatic amines is 1. The molecule has 0 amide bonds. The van der Waals surface area contributed by atoms with Crippen molar-refractivity contribution in [2.45, 2.75) is 6.92 Å². The fourth-order valence-electron chi connectivity index (χ4n) is 1.16. The standard InChI is InChI=1S/C11H10ClN5O/c1-7-10(18)14-11(17-15-7)16-13-6-8-2-4-9(12)5-3-8/h2-6H,1H3,(H2,14,16,17,18). The molecule has 92 valence electrons. The molecule has 1 heterocycles. The molecule has 0 spiro atoms. The van der Waals surface area contributed by atoms with Crippen LogP contribution in [0, 0.1) is 6.92 Å². The second kappa shape index (κ2) is 5.42. The lowest BCUT2D eigenvalue weighted by atomic mass is 10.2. The van der Waals surface area contributed by atoms with E-state index >= 15 is 0 Å². The quantitative estimate of drug-likeness (QED) is 0.650. The lowest BCUT2D eigenvalue weighted by Gasteiger charge is -1.98. The molecule has 0 aliphatic carbocycles. The largest absolute Gasteiger partial charge is 0.288 e. The van der Waals surface area contributed by atoms with E-state index in [0.29, 0.717) is 10.7 Å². The van der Waals surface area contributed by atoms with Crippen LogP contribution in [0.15, 0.2) is 34.2 Å². The lowest BCUT2D eigenvalue weighted by molar-refractivity contribution is 0.897. The zero-order valence-corrected chi connectivity index (χ0v) is 10.3. The first-order valence-electron chi connectivity index (χ1n) is 5.13. The van der Waals surface area contributed by atoms with E-state index < -0.39 is 0 Å². The first-order chi connectivity index (χ1) is 8.65. The molecule has 0 fully saturated rings. The minimum Gasteiger partial charge on any atom is -0.288 e. The summed E-state index contributed by atoms with van der Waals surface area (Å²) in [6, 6.07) is 7.15. The average Bonchev–Trinajstić information content (AvgIpc) is 2.36. The van der Waals surface area contributed by atoms with E-state index in [1.807, 2.05) is 12.1 Å². The summed E-state index contributed by atoms with van der Waals surface area (Å²) in [7, 11) is 0. The zero-order valence-electron chi connectivity index (χ0n) is 9.51. The topological polar surface area (TPSA) is 83.0 Å². The van der Waals surface area contributed by atoms with E-state index in [0.717, 1.165) is 5.56 Å². The SMILES string of the molecule is Cc1nnc(NN=Cc2ccc(Cl)cc2)[nH]c1=O. The number of hydrogen-bond acceptors (Lipinski definition) is 5. The highest BCUT2D eigenvalue weighted by Gasteiger charge is 1.97. The molecule has 1 aromatic heterocycles. The Hall–Kier alpha value is -2.21. The third-order valence-electron chi connectivity index (χ3n) is 2.11. The van der Waals surface area contributed by atoms with Gasteiger partial charge in [-0.3, -0.25) is 9.78 Å². The summed E-state index contributed by atoms with van der Waals surface area (Å²) >= 11 is 5.76. The monoisotopic (exact) mass is 263 g/mol. The van der Waals surface area contributed by atoms with Crippen LogP contribution in [0.3, 0.4) is 0 Å². The third kappa shape index (κ3) is 3.14. The summed E-state index contributed by atoms with van der Waals surface area (Å²) in [4.78, 5) is 13.7. The van der Waals surface area contributed by atoms with Crippen molar-refractivity contribution in [3.8, 4) is 0 Å². The summed E-state index contributed by atoms with van der Waals surface area (Å²) < 4.78 is 0. The van der Waals surface area contributed by atoms with Crippen LogP contribution in [0.2, 0.25) is 5.02 Å². The minimum absolute atomic E-state index is 0.191. The molecule has 0 saturated carbocycles. The lowest BCUT2D eigenvalue weighted by Crippen LogP contribution is -2.15. The van der Waals surface area contributed by atoms with Gasteiger partial charge in [0.25, 0.3) is 5.56 Å². The van der Waals surface area contributed by atoms with Crippen molar-refractivity contribution in [1.29, 1.82) is 0 Å². The normalized spacial score (nSPS) is 10.8. The number of nitrogens with zero attached hydrogens (tertiary/aromatic N) is 3. The number of aromatic nitrogens is 3. The summed E-state index contributed by atoms with van der Waals surface area (Å²) in [6.45, 7) is 1.58. The van der Waals surface area contributed by atoms with E-state index in [-0.39, 0.29) is 11.5 Å². The molecule has 0 bridgehead atoms. The molecule has 18 heavy (non-hydrogen) atoms. The van der Waals surface area contributed by atoms with E-state index in [9.17, 15) is 4.79 Å². The average molecular weight is 264 g/mol. The first-order valence-corrected chi connectivity index (χ1v) is 5.51. The molecule has 0 atom stereocenters. The Balaban J connectivity index is 2.04. The number of benzene rings is 1. The van der Waals surface area contributed by atoms with Gasteiger partial charge in [0.15, 0.2) is 0 Å². The molecular weight excluding hydrogens is 254 g/mol. The van der Waals surface area contributed by atoms with Crippen molar-refractivity contribution in [2.24, 2.45) is 5.10 Å². The maximum Gasteiger partial charge on any atom is 0.274 e. The number of rotatable bonds is 3. The van der Waals surface area contributed by atoms with Gasteiger partial charge in [0.2, 0.25) is 5.95 Å². The molecule has 7 heteroatoms. The van der Waals surface area contributed by atoms with E-state index in [1.54, 1.807) is 25.3 Å². The van der Waals surface area contributed by atoms with E-state index in [4.69, 9.17) is 11.6 Å². The van der Waals surface area contributed by atoms with Gasteiger partial charge in [-0.1, -0.05) is 23.7 Å². The summed E-state index contributed by atoms with van der Waals surface area (Å²) in [6.07, 6.45) is 1.58. The Morgan fingerprint density at radius 3 is 2.72 bits per heavy atom. The summed E-state index contributed by atoms with van der Waals surface area (Å²) in [5.41, 5.74) is 3.46. The molecule has 0 aliphatic heterocycles. The van der Waals surface area contributed by atoms with Crippen LogP contribution < -0.4 is 11.0 Å². The van der Waals surface area contributed by atoms with Crippen molar-refractivity contribution in [1.82, 2.24) is 15.2 Å². The number of nitrogens with one attached hydrogen (secondary N) is 2. The number of H-pyrrole nitrogens is 1. The van der Waals surface area contributed by atoms with Crippen LogP contribution in [-0.4, -0.2) is 21.4 Å². The van der Waals surface area contributed by atoms with Gasteiger partial charge in [0.1, 0.15) is 5.69 Å².